The van der Waals surface area contributed by atoms with E-state index in [2.05, 4.69) is 10.6 Å². The summed E-state index contributed by atoms with van der Waals surface area (Å²) in [7, 11) is 0. The monoisotopic (exact) mass is 298 g/mol. The Hall–Kier alpha value is -0.810. The van der Waals surface area contributed by atoms with Crippen LogP contribution >= 0.6 is 0 Å². The standard InChI is InChI=1S/C16H30N2O3/c1-16(2,3)21-15(19)17-10-12-6-4-5-7-14(12)18-13-8-9-20-11-13/h12-14,18H,4-11H2,1-3H3,(H,17,19)/t12-,13+,14-/m0/s1. The minimum Gasteiger partial charge on any atom is -0.444 e. The van der Waals surface area contributed by atoms with E-state index in [1.54, 1.807) is 0 Å². The molecule has 1 saturated heterocycles. The van der Waals surface area contributed by atoms with Crippen LogP contribution in [0.25, 0.3) is 0 Å². The maximum absolute atomic E-state index is 11.8. The van der Waals surface area contributed by atoms with E-state index in [4.69, 9.17) is 9.47 Å². The quantitative estimate of drug-likeness (QED) is 0.837. The minimum absolute atomic E-state index is 0.309. The Kier molecular flexibility index (Phi) is 5.88. The molecule has 0 unspecified atom stereocenters. The summed E-state index contributed by atoms with van der Waals surface area (Å²) in [5.74, 6) is 0.492. The molecule has 0 spiro atoms. The van der Waals surface area contributed by atoms with E-state index in [1.807, 2.05) is 20.8 Å². The molecule has 122 valence electrons. The van der Waals surface area contributed by atoms with Crippen LogP contribution in [-0.4, -0.2) is 43.5 Å². The first-order valence-corrected chi connectivity index (χ1v) is 8.25. The van der Waals surface area contributed by atoms with Gasteiger partial charge in [0.1, 0.15) is 5.60 Å². The number of nitrogens with one attached hydrogen (secondary N) is 2. The number of amides is 1. The number of carbonyl (C=O) groups is 1. The fourth-order valence-corrected chi connectivity index (χ4v) is 3.17. The van der Waals surface area contributed by atoms with Crippen molar-refractivity contribution in [1.29, 1.82) is 0 Å². The Morgan fingerprint density at radius 1 is 1.24 bits per heavy atom. The first kappa shape index (κ1) is 16.6. The Labute approximate surface area is 128 Å². The Bertz CT molecular complexity index is 335. The summed E-state index contributed by atoms with van der Waals surface area (Å²) in [5, 5.41) is 6.65. The average molecular weight is 298 g/mol. The lowest BCUT2D eigenvalue weighted by atomic mass is 9.84. The summed E-state index contributed by atoms with van der Waals surface area (Å²) < 4.78 is 10.7. The molecule has 2 aliphatic rings. The molecular weight excluding hydrogens is 268 g/mol. The highest BCUT2D eigenvalue weighted by molar-refractivity contribution is 5.67. The molecule has 2 fully saturated rings. The van der Waals surface area contributed by atoms with Gasteiger partial charge in [-0.15, -0.1) is 0 Å². The van der Waals surface area contributed by atoms with Crippen molar-refractivity contribution in [2.24, 2.45) is 5.92 Å². The van der Waals surface area contributed by atoms with Crippen molar-refractivity contribution in [2.45, 2.75) is 70.6 Å². The minimum atomic E-state index is -0.435. The summed E-state index contributed by atoms with van der Waals surface area (Å²) in [4.78, 5) is 11.8. The van der Waals surface area contributed by atoms with Gasteiger partial charge in [0.05, 0.1) is 6.61 Å². The third-order valence-corrected chi connectivity index (χ3v) is 4.20. The smallest absolute Gasteiger partial charge is 0.407 e. The molecule has 1 aliphatic carbocycles. The second kappa shape index (κ2) is 7.45. The van der Waals surface area contributed by atoms with E-state index in [0.717, 1.165) is 19.6 Å². The number of hydrogen-bond donors (Lipinski definition) is 2. The van der Waals surface area contributed by atoms with Gasteiger partial charge in [-0.1, -0.05) is 12.8 Å². The highest BCUT2D eigenvalue weighted by Crippen LogP contribution is 2.25. The summed E-state index contributed by atoms with van der Waals surface area (Å²) >= 11 is 0. The zero-order valence-electron chi connectivity index (χ0n) is 13.6. The summed E-state index contributed by atoms with van der Waals surface area (Å²) in [5.41, 5.74) is -0.435. The van der Waals surface area contributed by atoms with E-state index in [0.29, 0.717) is 24.5 Å². The topological polar surface area (TPSA) is 59.6 Å². The first-order chi connectivity index (χ1) is 9.94. The Morgan fingerprint density at radius 3 is 2.67 bits per heavy atom. The van der Waals surface area contributed by atoms with Crippen molar-refractivity contribution in [3.8, 4) is 0 Å². The SMILES string of the molecule is CC(C)(C)OC(=O)NC[C@@H]1CCCC[C@@H]1N[C@@H]1CCOC1. The van der Waals surface area contributed by atoms with Crippen LogP contribution in [0.1, 0.15) is 52.9 Å². The Morgan fingerprint density at radius 2 is 2.00 bits per heavy atom. The molecule has 2 rings (SSSR count). The predicted molar refractivity (Wildman–Crippen MR) is 82.3 cm³/mol. The second-order valence-corrected chi connectivity index (χ2v) is 7.26. The molecule has 5 nitrogen and oxygen atoms in total. The van der Waals surface area contributed by atoms with Crippen LogP contribution in [0.2, 0.25) is 0 Å². The fourth-order valence-electron chi connectivity index (χ4n) is 3.17. The lowest BCUT2D eigenvalue weighted by Gasteiger charge is -2.34. The number of carbonyl (C=O) groups excluding carboxylic acids is 1. The first-order valence-electron chi connectivity index (χ1n) is 8.25. The molecule has 0 bridgehead atoms. The molecule has 0 radical (unpaired) electrons. The van der Waals surface area contributed by atoms with Crippen molar-refractivity contribution in [3.05, 3.63) is 0 Å². The fraction of sp³-hybridized carbons (Fsp3) is 0.938. The third kappa shape index (κ3) is 5.83. The predicted octanol–water partition coefficient (Wildman–Crippen LogP) is 2.45. The molecule has 3 atom stereocenters. The molecule has 21 heavy (non-hydrogen) atoms. The van der Waals surface area contributed by atoms with Crippen LogP contribution < -0.4 is 10.6 Å². The molecule has 0 aromatic heterocycles. The normalized spacial score (nSPS) is 30.1. The van der Waals surface area contributed by atoms with Crippen LogP contribution in [0.15, 0.2) is 0 Å². The molecule has 1 heterocycles. The van der Waals surface area contributed by atoms with E-state index >= 15 is 0 Å². The lowest BCUT2D eigenvalue weighted by Crippen LogP contribution is -2.48. The molecule has 1 aliphatic heterocycles. The van der Waals surface area contributed by atoms with E-state index in [9.17, 15) is 4.79 Å². The van der Waals surface area contributed by atoms with Gasteiger partial charge < -0.3 is 20.1 Å². The van der Waals surface area contributed by atoms with Gasteiger partial charge in [-0.05, 0) is 46.0 Å². The zero-order chi connectivity index (χ0) is 15.3. The third-order valence-electron chi connectivity index (χ3n) is 4.20. The molecule has 5 heteroatoms. The molecule has 1 saturated carbocycles. The van der Waals surface area contributed by atoms with Crippen molar-refractivity contribution in [1.82, 2.24) is 10.6 Å². The van der Waals surface area contributed by atoms with Gasteiger partial charge in [0.25, 0.3) is 0 Å². The maximum Gasteiger partial charge on any atom is 0.407 e. The van der Waals surface area contributed by atoms with Gasteiger partial charge in [-0.3, -0.25) is 0 Å². The van der Waals surface area contributed by atoms with Crippen molar-refractivity contribution in [3.63, 3.8) is 0 Å². The van der Waals surface area contributed by atoms with E-state index in [-0.39, 0.29) is 6.09 Å². The molecular formula is C16H30N2O3. The largest absolute Gasteiger partial charge is 0.444 e. The van der Waals surface area contributed by atoms with Crippen LogP contribution in [0, 0.1) is 5.92 Å². The zero-order valence-corrected chi connectivity index (χ0v) is 13.6. The van der Waals surface area contributed by atoms with Gasteiger partial charge in [0.15, 0.2) is 0 Å². The number of hydrogen-bond acceptors (Lipinski definition) is 4. The maximum atomic E-state index is 11.8. The van der Waals surface area contributed by atoms with Crippen molar-refractivity contribution >= 4 is 6.09 Å². The number of alkyl carbamates (subject to hydrolysis) is 1. The molecule has 0 aromatic carbocycles. The van der Waals surface area contributed by atoms with Gasteiger partial charge in [0.2, 0.25) is 0 Å². The van der Waals surface area contributed by atoms with Crippen LogP contribution in [0.5, 0.6) is 0 Å². The van der Waals surface area contributed by atoms with Gasteiger partial charge in [0, 0.05) is 25.2 Å². The van der Waals surface area contributed by atoms with Crippen LogP contribution in [0.4, 0.5) is 4.79 Å². The molecule has 0 aromatic rings. The van der Waals surface area contributed by atoms with Crippen LogP contribution in [-0.2, 0) is 9.47 Å². The Balaban J connectivity index is 1.77. The van der Waals surface area contributed by atoms with Crippen molar-refractivity contribution in [2.75, 3.05) is 19.8 Å². The molecule has 1 amide bonds. The summed E-state index contributed by atoms with van der Waals surface area (Å²) in [6.45, 7) is 8.04. The molecule has 2 N–H and O–H groups in total. The highest BCUT2D eigenvalue weighted by atomic mass is 16.6. The van der Waals surface area contributed by atoms with Gasteiger partial charge in [-0.2, -0.15) is 0 Å². The number of ether oxygens (including phenoxy) is 2. The van der Waals surface area contributed by atoms with E-state index < -0.39 is 5.60 Å². The highest BCUT2D eigenvalue weighted by Gasteiger charge is 2.29. The van der Waals surface area contributed by atoms with Crippen LogP contribution in [0.3, 0.4) is 0 Å². The van der Waals surface area contributed by atoms with Gasteiger partial charge >= 0.3 is 6.09 Å². The van der Waals surface area contributed by atoms with Gasteiger partial charge in [-0.25, -0.2) is 4.79 Å². The second-order valence-electron chi connectivity index (χ2n) is 7.26. The number of rotatable bonds is 4. The van der Waals surface area contributed by atoms with Crippen molar-refractivity contribution < 1.29 is 14.3 Å². The lowest BCUT2D eigenvalue weighted by molar-refractivity contribution is 0.0509. The van der Waals surface area contributed by atoms with E-state index in [1.165, 1.54) is 25.7 Å². The summed E-state index contributed by atoms with van der Waals surface area (Å²) in [6.07, 6.45) is 5.67. The average Bonchev–Trinajstić information content (AvgIpc) is 2.88. The summed E-state index contributed by atoms with van der Waals surface area (Å²) in [6, 6.07) is 0.970.